The highest BCUT2D eigenvalue weighted by atomic mass is 79.9. The standard InChI is InChI=1S/C21H24BrN5O/c1-23-18-3-2-4-19-20(18)21(28)27(15-24-19)14-11-25-9-12-26(13-10-25)17-7-5-16(22)6-8-17/h2-8,15,23H,9-14H2,1H3. The fraction of sp³-hybridized carbons (Fsp3) is 0.333. The van der Waals surface area contributed by atoms with Crippen LogP contribution in [0.5, 0.6) is 0 Å². The van der Waals surface area contributed by atoms with Gasteiger partial charge in [0.15, 0.2) is 0 Å². The molecule has 0 spiro atoms. The van der Waals surface area contributed by atoms with E-state index in [1.807, 2.05) is 25.2 Å². The summed E-state index contributed by atoms with van der Waals surface area (Å²) in [4.78, 5) is 22.2. The third-order valence-corrected chi connectivity index (χ3v) is 5.87. The molecule has 28 heavy (non-hydrogen) atoms. The maximum atomic E-state index is 12.9. The summed E-state index contributed by atoms with van der Waals surface area (Å²) in [5.74, 6) is 0. The van der Waals surface area contributed by atoms with Crippen LogP contribution < -0.4 is 15.8 Å². The van der Waals surface area contributed by atoms with Gasteiger partial charge >= 0.3 is 0 Å². The van der Waals surface area contributed by atoms with E-state index in [-0.39, 0.29) is 5.56 Å². The molecule has 146 valence electrons. The average molecular weight is 442 g/mol. The van der Waals surface area contributed by atoms with E-state index in [2.05, 4.69) is 60.3 Å². The van der Waals surface area contributed by atoms with Gasteiger partial charge in [-0.25, -0.2) is 4.98 Å². The molecule has 1 N–H and O–H groups in total. The van der Waals surface area contributed by atoms with Crippen LogP contribution in [-0.4, -0.2) is 54.2 Å². The molecule has 2 heterocycles. The zero-order chi connectivity index (χ0) is 19.5. The number of hydrogen-bond acceptors (Lipinski definition) is 5. The lowest BCUT2D eigenvalue weighted by atomic mass is 10.2. The van der Waals surface area contributed by atoms with Crippen LogP contribution in [0.4, 0.5) is 11.4 Å². The van der Waals surface area contributed by atoms with Crippen molar-refractivity contribution in [3.63, 3.8) is 0 Å². The van der Waals surface area contributed by atoms with E-state index in [9.17, 15) is 4.79 Å². The number of fused-ring (bicyclic) bond motifs is 1. The monoisotopic (exact) mass is 441 g/mol. The van der Waals surface area contributed by atoms with E-state index in [1.165, 1.54) is 5.69 Å². The van der Waals surface area contributed by atoms with Crippen LogP contribution in [0, 0.1) is 0 Å². The van der Waals surface area contributed by atoms with Gasteiger partial charge in [0.25, 0.3) is 5.56 Å². The molecule has 1 saturated heterocycles. The van der Waals surface area contributed by atoms with Crippen LogP contribution in [-0.2, 0) is 6.54 Å². The SMILES string of the molecule is CNc1cccc2ncn(CCN3CCN(c4ccc(Br)cc4)CC3)c(=O)c12. The predicted molar refractivity (Wildman–Crippen MR) is 118 cm³/mol. The largest absolute Gasteiger partial charge is 0.387 e. The quantitative estimate of drug-likeness (QED) is 0.659. The van der Waals surface area contributed by atoms with Gasteiger partial charge in [-0.05, 0) is 36.4 Å². The Bertz CT molecular complexity index is 1010. The van der Waals surface area contributed by atoms with Crippen LogP contribution in [0.15, 0.2) is 58.1 Å². The second kappa shape index (κ2) is 8.32. The first kappa shape index (κ1) is 19.0. The Labute approximate surface area is 172 Å². The van der Waals surface area contributed by atoms with Gasteiger partial charge in [0.05, 0.1) is 17.2 Å². The molecule has 0 radical (unpaired) electrons. The highest BCUT2D eigenvalue weighted by Crippen LogP contribution is 2.20. The Morgan fingerprint density at radius 3 is 2.50 bits per heavy atom. The summed E-state index contributed by atoms with van der Waals surface area (Å²) >= 11 is 3.49. The second-order valence-corrected chi connectivity index (χ2v) is 7.91. The summed E-state index contributed by atoms with van der Waals surface area (Å²) < 4.78 is 2.83. The lowest BCUT2D eigenvalue weighted by Crippen LogP contribution is -2.47. The summed E-state index contributed by atoms with van der Waals surface area (Å²) in [6.07, 6.45) is 1.67. The molecule has 0 bridgehead atoms. The van der Waals surface area contributed by atoms with Crippen molar-refractivity contribution < 1.29 is 0 Å². The van der Waals surface area contributed by atoms with Crippen LogP contribution in [0.2, 0.25) is 0 Å². The Hall–Kier alpha value is -2.38. The number of nitrogens with one attached hydrogen (secondary N) is 1. The predicted octanol–water partition coefficient (Wildman–Crippen LogP) is 3.02. The van der Waals surface area contributed by atoms with E-state index in [0.717, 1.165) is 48.4 Å². The Kier molecular flexibility index (Phi) is 5.64. The minimum Gasteiger partial charge on any atom is -0.387 e. The van der Waals surface area contributed by atoms with Crippen molar-refractivity contribution in [1.82, 2.24) is 14.5 Å². The molecule has 1 fully saturated rings. The van der Waals surface area contributed by atoms with E-state index >= 15 is 0 Å². The molecule has 0 amide bonds. The van der Waals surface area contributed by atoms with Crippen LogP contribution in [0.3, 0.4) is 0 Å². The number of aromatic nitrogens is 2. The highest BCUT2D eigenvalue weighted by molar-refractivity contribution is 9.10. The topological polar surface area (TPSA) is 53.4 Å². The Morgan fingerprint density at radius 1 is 1.04 bits per heavy atom. The normalized spacial score (nSPS) is 15.1. The molecule has 3 aromatic rings. The van der Waals surface area contributed by atoms with Crippen LogP contribution in [0.1, 0.15) is 0 Å². The third-order valence-electron chi connectivity index (χ3n) is 5.34. The third kappa shape index (κ3) is 3.91. The summed E-state index contributed by atoms with van der Waals surface area (Å²) in [6.45, 7) is 5.48. The van der Waals surface area contributed by atoms with Crippen molar-refractivity contribution in [3.05, 3.63) is 63.6 Å². The van der Waals surface area contributed by atoms with Gasteiger partial charge in [0.2, 0.25) is 0 Å². The molecule has 6 nitrogen and oxygen atoms in total. The zero-order valence-electron chi connectivity index (χ0n) is 15.9. The first-order chi connectivity index (χ1) is 13.7. The molecule has 0 aliphatic carbocycles. The molecular formula is C21H24BrN5O. The first-order valence-corrected chi connectivity index (χ1v) is 10.3. The van der Waals surface area contributed by atoms with Crippen molar-refractivity contribution in [2.45, 2.75) is 6.54 Å². The van der Waals surface area contributed by atoms with E-state index in [0.29, 0.717) is 11.9 Å². The number of benzene rings is 2. The first-order valence-electron chi connectivity index (χ1n) is 9.54. The summed E-state index contributed by atoms with van der Waals surface area (Å²) in [7, 11) is 1.83. The minimum atomic E-state index is 0.0171. The lowest BCUT2D eigenvalue weighted by molar-refractivity contribution is 0.247. The smallest absolute Gasteiger partial charge is 0.263 e. The van der Waals surface area contributed by atoms with Gasteiger partial charge in [-0.1, -0.05) is 22.0 Å². The summed E-state index contributed by atoms with van der Waals surface area (Å²) in [5, 5.41) is 3.75. The van der Waals surface area contributed by atoms with E-state index in [1.54, 1.807) is 10.9 Å². The second-order valence-electron chi connectivity index (χ2n) is 7.00. The fourth-order valence-corrected chi connectivity index (χ4v) is 3.96. The molecular weight excluding hydrogens is 418 g/mol. The number of rotatable bonds is 5. The van der Waals surface area contributed by atoms with Gasteiger partial charge in [0, 0.05) is 62.2 Å². The van der Waals surface area contributed by atoms with E-state index < -0.39 is 0 Å². The molecule has 1 aliphatic rings. The van der Waals surface area contributed by atoms with Gasteiger partial charge < -0.3 is 10.2 Å². The molecule has 1 aliphatic heterocycles. The average Bonchev–Trinajstić information content (AvgIpc) is 2.74. The highest BCUT2D eigenvalue weighted by Gasteiger charge is 2.17. The number of anilines is 2. The van der Waals surface area contributed by atoms with Gasteiger partial charge in [0.1, 0.15) is 0 Å². The number of piperazine rings is 1. The molecule has 2 aromatic carbocycles. The zero-order valence-corrected chi connectivity index (χ0v) is 17.5. The van der Waals surface area contributed by atoms with Crippen molar-refractivity contribution in [1.29, 1.82) is 0 Å². The fourth-order valence-electron chi connectivity index (χ4n) is 3.70. The summed E-state index contributed by atoms with van der Waals surface area (Å²) in [5.41, 5.74) is 2.84. The molecule has 7 heteroatoms. The molecule has 0 saturated carbocycles. The molecule has 0 unspecified atom stereocenters. The number of halogens is 1. The maximum Gasteiger partial charge on any atom is 0.263 e. The van der Waals surface area contributed by atoms with Crippen molar-refractivity contribution in [2.24, 2.45) is 0 Å². The van der Waals surface area contributed by atoms with Crippen molar-refractivity contribution >= 4 is 38.2 Å². The van der Waals surface area contributed by atoms with Crippen LogP contribution >= 0.6 is 15.9 Å². The van der Waals surface area contributed by atoms with Crippen LogP contribution in [0.25, 0.3) is 10.9 Å². The maximum absolute atomic E-state index is 12.9. The van der Waals surface area contributed by atoms with Crippen molar-refractivity contribution in [3.8, 4) is 0 Å². The molecule has 0 atom stereocenters. The minimum absolute atomic E-state index is 0.0171. The number of hydrogen-bond donors (Lipinski definition) is 1. The Morgan fingerprint density at radius 2 is 1.79 bits per heavy atom. The van der Waals surface area contributed by atoms with Gasteiger partial charge in [-0.15, -0.1) is 0 Å². The van der Waals surface area contributed by atoms with E-state index in [4.69, 9.17) is 0 Å². The Balaban J connectivity index is 1.40. The molecule has 4 rings (SSSR count). The van der Waals surface area contributed by atoms with Gasteiger partial charge in [-0.2, -0.15) is 0 Å². The number of nitrogens with zero attached hydrogens (tertiary/aromatic N) is 4. The summed E-state index contributed by atoms with van der Waals surface area (Å²) in [6, 6.07) is 14.2. The van der Waals surface area contributed by atoms with Gasteiger partial charge in [-0.3, -0.25) is 14.3 Å². The van der Waals surface area contributed by atoms with Crippen molar-refractivity contribution in [2.75, 3.05) is 50.0 Å². The molecule has 1 aromatic heterocycles. The lowest BCUT2D eigenvalue weighted by Gasteiger charge is -2.36.